The summed E-state index contributed by atoms with van der Waals surface area (Å²) in [7, 11) is 1.35. The van der Waals surface area contributed by atoms with Crippen LogP contribution in [0.2, 0.25) is 0 Å². The molecule has 0 unspecified atom stereocenters. The van der Waals surface area contributed by atoms with Crippen molar-refractivity contribution in [3.63, 3.8) is 0 Å². The van der Waals surface area contributed by atoms with Gasteiger partial charge in [0.05, 0.1) is 12.5 Å². The summed E-state index contributed by atoms with van der Waals surface area (Å²) in [6.45, 7) is 1.94. The number of carbonyl (C=O) groups excluding carboxylic acids is 1. The number of benzene rings is 2. The molecule has 0 spiro atoms. The molecule has 1 aromatic heterocycles. The number of carbonyl (C=O) groups is 1. The first kappa shape index (κ1) is 14.1. The van der Waals surface area contributed by atoms with Crippen LogP contribution < -0.4 is 10.2 Å². The van der Waals surface area contributed by atoms with E-state index in [0.29, 0.717) is 16.5 Å². The molecule has 0 radical (unpaired) electrons. The predicted molar refractivity (Wildman–Crippen MR) is 83.6 cm³/mol. The summed E-state index contributed by atoms with van der Waals surface area (Å²) in [6, 6.07) is 13.8. The van der Waals surface area contributed by atoms with Crippen molar-refractivity contribution < 1.29 is 13.9 Å². The number of hydrogen-bond acceptors (Lipinski definition) is 4. The van der Waals surface area contributed by atoms with Crippen LogP contribution in [0, 0.1) is 6.92 Å². The van der Waals surface area contributed by atoms with Gasteiger partial charge in [-0.05, 0) is 19.1 Å². The van der Waals surface area contributed by atoms with E-state index in [4.69, 9.17) is 9.15 Å². The van der Waals surface area contributed by atoms with Crippen LogP contribution >= 0.6 is 0 Å². The lowest BCUT2D eigenvalue weighted by molar-refractivity contribution is 0.100. The van der Waals surface area contributed by atoms with Crippen LogP contribution in [0.15, 0.2) is 57.7 Å². The standard InChI is InChI=1S/C18H14O4/c1-11-7-9-12(10-8-11)15(19)18-17(21-2)16(20)13-5-3-4-6-14(13)22-18/h3-10H,1-2H3. The molecule has 0 N–H and O–H groups in total. The molecule has 0 saturated carbocycles. The van der Waals surface area contributed by atoms with Crippen molar-refractivity contribution >= 4 is 16.8 Å². The molecule has 2 aromatic carbocycles. The predicted octanol–water partition coefficient (Wildman–Crippen LogP) is 3.34. The average molecular weight is 294 g/mol. The normalized spacial score (nSPS) is 10.6. The molecule has 0 bridgehead atoms. The average Bonchev–Trinajstić information content (AvgIpc) is 2.55. The molecule has 3 rings (SSSR count). The van der Waals surface area contributed by atoms with Crippen LogP contribution in [0.25, 0.3) is 11.0 Å². The van der Waals surface area contributed by atoms with Crippen LogP contribution in [0.3, 0.4) is 0 Å². The molecule has 0 aliphatic carbocycles. The van der Waals surface area contributed by atoms with E-state index in [1.54, 1.807) is 36.4 Å². The summed E-state index contributed by atoms with van der Waals surface area (Å²) in [4.78, 5) is 25.1. The van der Waals surface area contributed by atoms with Gasteiger partial charge in [0.15, 0.2) is 0 Å². The molecule has 3 aromatic rings. The Kier molecular flexibility index (Phi) is 3.51. The van der Waals surface area contributed by atoms with Gasteiger partial charge in [-0.15, -0.1) is 0 Å². The zero-order valence-electron chi connectivity index (χ0n) is 12.3. The summed E-state index contributed by atoms with van der Waals surface area (Å²) >= 11 is 0. The fourth-order valence-electron chi connectivity index (χ4n) is 2.30. The second-order valence-electron chi connectivity index (χ2n) is 4.98. The summed E-state index contributed by atoms with van der Waals surface area (Å²) in [6.07, 6.45) is 0. The van der Waals surface area contributed by atoms with E-state index in [1.165, 1.54) is 7.11 Å². The van der Waals surface area contributed by atoms with Gasteiger partial charge in [-0.1, -0.05) is 42.0 Å². The van der Waals surface area contributed by atoms with Gasteiger partial charge < -0.3 is 9.15 Å². The molecule has 4 nitrogen and oxygen atoms in total. The van der Waals surface area contributed by atoms with Crippen molar-refractivity contribution in [2.75, 3.05) is 7.11 Å². The third kappa shape index (κ3) is 2.29. The number of fused-ring (bicyclic) bond motifs is 1. The van der Waals surface area contributed by atoms with Crippen LogP contribution in [0.4, 0.5) is 0 Å². The molecule has 0 aliphatic rings. The molecular formula is C18H14O4. The fourth-order valence-corrected chi connectivity index (χ4v) is 2.30. The largest absolute Gasteiger partial charge is 0.489 e. The molecule has 110 valence electrons. The lowest BCUT2D eigenvalue weighted by Gasteiger charge is -2.08. The monoisotopic (exact) mass is 294 g/mol. The zero-order chi connectivity index (χ0) is 15.7. The summed E-state index contributed by atoms with van der Waals surface area (Å²) in [5, 5.41) is 0.389. The SMILES string of the molecule is COc1c(C(=O)c2ccc(C)cc2)oc2ccccc2c1=O. The first-order chi connectivity index (χ1) is 10.6. The van der Waals surface area contributed by atoms with E-state index < -0.39 is 0 Å². The smallest absolute Gasteiger partial charge is 0.235 e. The number of ketones is 1. The van der Waals surface area contributed by atoms with Crippen molar-refractivity contribution in [2.24, 2.45) is 0 Å². The van der Waals surface area contributed by atoms with Crippen LogP contribution in [0.5, 0.6) is 5.75 Å². The first-order valence-corrected chi connectivity index (χ1v) is 6.83. The minimum absolute atomic E-state index is 0.0655. The lowest BCUT2D eigenvalue weighted by Crippen LogP contribution is -2.13. The van der Waals surface area contributed by atoms with E-state index in [1.807, 2.05) is 19.1 Å². The quantitative estimate of drug-likeness (QED) is 0.695. The Morgan fingerprint density at radius 2 is 1.73 bits per heavy atom. The highest BCUT2D eigenvalue weighted by Gasteiger charge is 2.22. The second-order valence-corrected chi connectivity index (χ2v) is 4.98. The van der Waals surface area contributed by atoms with E-state index in [2.05, 4.69) is 0 Å². The Hall–Kier alpha value is -2.88. The van der Waals surface area contributed by atoms with Crippen molar-refractivity contribution in [1.82, 2.24) is 0 Å². The Morgan fingerprint density at radius 3 is 2.41 bits per heavy atom. The molecule has 0 amide bonds. The Bertz CT molecular complexity index is 905. The third-order valence-corrected chi connectivity index (χ3v) is 3.48. The minimum atomic E-state index is -0.375. The number of aryl methyl sites for hydroxylation is 1. The maximum absolute atomic E-state index is 12.6. The number of ether oxygens (including phenoxy) is 1. The Labute approximate surface area is 127 Å². The molecule has 0 fully saturated rings. The zero-order valence-corrected chi connectivity index (χ0v) is 12.3. The Morgan fingerprint density at radius 1 is 1.05 bits per heavy atom. The summed E-state index contributed by atoms with van der Waals surface area (Å²) in [5.74, 6) is -0.515. The van der Waals surface area contributed by atoms with Crippen molar-refractivity contribution in [1.29, 1.82) is 0 Å². The second kappa shape index (κ2) is 5.48. The molecule has 0 atom stereocenters. The summed E-state index contributed by atoms with van der Waals surface area (Å²) < 4.78 is 10.8. The highest BCUT2D eigenvalue weighted by atomic mass is 16.5. The molecule has 0 aliphatic heterocycles. The molecule has 22 heavy (non-hydrogen) atoms. The number of methoxy groups -OCH3 is 1. The van der Waals surface area contributed by atoms with Gasteiger partial charge in [0.25, 0.3) is 0 Å². The van der Waals surface area contributed by atoms with Gasteiger partial charge in [-0.3, -0.25) is 9.59 Å². The number of rotatable bonds is 3. The lowest BCUT2D eigenvalue weighted by atomic mass is 10.1. The topological polar surface area (TPSA) is 56.5 Å². The Balaban J connectivity index is 2.23. The third-order valence-electron chi connectivity index (χ3n) is 3.48. The molecular weight excluding hydrogens is 280 g/mol. The van der Waals surface area contributed by atoms with Crippen LogP contribution in [0.1, 0.15) is 21.7 Å². The highest BCUT2D eigenvalue weighted by molar-refractivity contribution is 6.09. The van der Waals surface area contributed by atoms with Gasteiger partial charge >= 0.3 is 0 Å². The van der Waals surface area contributed by atoms with Crippen LogP contribution in [-0.4, -0.2) is 12.9 Å². The van der Waals surface area contributed by atoms with E-state index in [0.717, 1.165) is 5.56 Å². The van der Waals surface area contributed by atoms with E-state index in [-0.39, 0.29) is 22.7 Å². The van der Waals surface area contributed by atoms with Crippen molar-refractivity contribution in [2.45, 2.75) is 6.92 Å². The van der Waals surface area contributed by atoms with E-state index >= 15 is 0 Å². The maximum Gasteiger partial charge on any atom is 0.235 e. The van der Waals surface area contributed by atoms with Gasteiger partial charge in [-0.2, -0.15) is 0 Å². The van der Waals surface area contributed by atoms with Gasteiger partial charge in [0, 0.05) is 5.56 Å². The maximum atomic E-state index is 12.6. The fraction of sp³-hybridized carbons (Fsp3) is 0.111. The number of hydrogen-bond donors (Lipinski definition) is 0. The molecule has 1 heterocycles. The number of para-hydroxylation sites is 1. The van der Waals surface area contributed by atoms with E-state index in [9.17, 15) is 9.59 Å². The van der Waals surface area contributed by atoms with Crippen molar-refractivity contribution in [3.8, 4) is 5.75 Å². The van der Waals surface area contributed by atoms with Crippen LogP contribution in [-0.2, 0) is 0 Å². The van der Waals surface area contributed by atoms with Gasteiger partial charge in [0.1, 0.15) is 5.58 Å². The van der Waals surface area contributed by atoms with Crippen molar-refractivity contribution in [3.05, 3.63) is 75.6 Å². The van der Waals surface area contributed by atoms with Gasteiger partial charge in [-0.25, -0.2) is 0 Å². The minimum Gasteiger partial charge on any atom is -0.489 e. The first-order valence-electron chi connectivity index (χ1n) is 6.83. The van der Waals surface area contributed by atoms with Gasteiger partial charge in [0.2, 0.25) is 22.7 Å². The molecule has 0 saturated heterocycles. The highest BCUT2D eigenvalue weighted by Crippen LogP contribution is 2.23. The molecule has 4 heteroatoms. The summed E-state index contributed by atoms with van der Waals surface area (Å²) in [5.41, 5.74) is 1.51.